The third-order valence-corrected chi connectivity index (χ3v) is 2.56. The predicted molar refractivity (Wildman–Crippen MR) is 69.9 cm³/mol. The van der Waals surface area contributed by atoms with E-state index in [0.717, 1.165) is 17.7 Å². The van der Waals surface area contributed by atoms with Crippen molar-refractivity contribution in [2.24, 2.45) is 0 Å². The highest BCUT2D eigenvalue weighted by Gasteiger charge is 2.13. The zero-order chi connectivity index (χ0) is 14.0. The second kappa shape index (κ2) is 5.06. The van der Waals surface area contributed by atoms with Crippen LogP contribution in [0.1, 0.15) is 15.9 Å². The predicted octanol–water partition coefficient (Wildman–Crippen LogP) is 3.11. The third-order valence-electron chi connectivity index (χ3n) is 2.56. The van der Waals surface area contributed by atoms with Crippen LogP contribution >= 0.6 is 0 Å². The van der Waals surface area contributed by atoms with E-state index in [4.69, 9.17) is 5.73 Å². The third kappa shape index (κ3) is 2.88. The highest BCUT2D eigenvalue weighted by Crippen LogP contribution is 2.20. The minimum atomic E-state index is -0.825. The fourth-order valence-corrected chi connectivity index (χ4v) is 1.75. The summed E-state index contributed by atoms with van der Waals surface area (Å²) in [7, 11) is 0. The first kappa shape index (κ1) is 13.0. The number of nitrogens with two attached hydrogens (primary N) is 1. The maximum atomic E-state index is 13.4. The van der Waals surface area contributed by atoms with E-state index < -0.39 is 23.2 Å². The Hall–Kier alpha value is -2.43. The number of halogens is 2. The monoisotopic (exact) mass is 262 g/mol. The molecule has 0 fully saturated rings. The van der Waals surface area contributed by atoms with Gasteiger partial charge in [0.05, 0.1) is 0 Å². The average molecular weight is 262 g/mol. The molecule has 0 aliphatic carbocycles. The summed E-state index contributed by atoms with van der Waals surface area (Å²) in [5, 5.41) is 2.20. The lowest BCUT2D eigenvalue weighted by Gasteiger charge is -2.08. The second-order valence-electron chi connectivity index (χ2n) is 4.18. The van der Waals surface area contributed by atoms with Gasteiger partial charge >= 0.3 is 0 Å². The van der Waals surface area contributed by atoms with Crippen molar-refractivity contribution in [3.63, 3.8) is 0 Å². The van der Waals surface area contributed by atoms with E-state index in [1.54, 1.807) is 19.1 Å². The lowest BCUT2D eigenvalue weighted by Crippen LogP contribution is -2.14. The maximum absolute atomic E-state index is 13.4. The Balaban J connectivity index is 2.31. The van der Waals surface area contributed by atoms with Gasteiger partial charge in [0.15, 0.2) is 0 Å². The van der Waals surface area contributed by atoms with Gasteiger partial charge in [-0.3, -0.25) is 4.79 Å². The van der Waals surface area contributed by atoms with Crippen LogP contribution < -0.4 is 11.1 Å². The molecule has 0 radical (unpaired) electrons. The lowest BCUT2D eigenvalue weighted by molar-refractivity contribution is 0.102. The van der Waals surface area contributed by atoms with Crippen LogP contribution in [0, 0.1) is 18.6 Å². The fraction of sp³-hybridized carbons (Fsp3) is 0.0714. The number of para-hydroxylation sites is 1. The van der Waals surface area contributed by atoms with Crippen LogP contribution in [0.25, 0.3) is 0 Å². The molecule has 1 amide bonds. The molecule has 0 spiro atoms. The van der Waals surface area contributed by atoms with E-state index in [0.29, 0.717) is 5.69 Å². The Morgan fingerprint density at radius 3 is 2.37 bits per heavy atom. The van der Waals surface area contributed by atoms with Gasteiger partial charge in [-0.15, -0.1) is 0 Å². The summed E-state index contributed by atoms with van der Waals surface area (Å²) in [6, 6.07) is 8.10. The molecular weight excluding hydrogens is 250 g/mol. The molecule has 0 bridgehead atoms. The van der Waals surface area contributed by atoms with Crippen molar-refractivity contribution >= 4 is 17.3 Å². The first-order chi connectivity index (χ1) is 8.97. The van der Waals surface area contributed by atoms with E-state index in [1.807, 2.05) is 0 Å². The molecule has 19 heavy (non-hydrogen) atoms. The summed E-state index contributed by atoms with van der Waals surface area (Å²) in [6.07, 6.45) is 0. The molecule has 0 aliphatic rings. The number of benzene rings is 2. The molecule has 0 heterocycles. The number of carbonyl (C=O) groups is 1. The molecule has 3 nitrogen and oxygen atoms in total. The van der Waals surface area contributed by atoms with Crippen molar-refractivity contribution < 1.29 is 13.6 Å². The molecular formula is C14H12F2N2O. The van der Waals surface area contributed by atoms with Gasteiger partial charge in [0, 0.05) is 11.3 Å². The fourth-order valence-electron chi connectivity index (χ4n) is 1.75. The van der Waals surface area contributed by atoms with Crippen molar-refractivity contribution in [1.82, 2.24) is 0 Å². The van der Waals surface area contributed by atoms with Gasteiger partial charge in [-0.2, -0.15) is 0 Å². The highest BCUT2D eigenvalue weighted by atomic mass is 19.1. The Morgan fingerprint density at radius 1 is 1.16 bits per heavy atom. The molecule has 98 valence electrons. The first-order valence-electron chi connectivity index (χ1n) is 5.60. The molecule has 5 heteroatoms. The number of hydrogen-bond acceptors (Lipinski definition) is 2. The van der Waals surface area contributed by atoms with E-state index in [1.165, 1.54) is 12.1 Å². The molecule has 0 saturated carbocycles. The normalized spacial score (nSPS) is 10.3. The van der Waals surface area contributed by atoms with E-state index in [9.17, 15) is 13.6 Å². The second-order valence-corrected chi connectivity index (χ2v) is 4.18. The van der Waals surface area contributed by atoms with Crippen LogP contribution in [-0.4, -0.2) is 5.91 Å². The number of aryl methyl sites for hydroxylation is 1. The Bertz CT molecular complexity index is 601. The molecule has 0 atom stereocenters. The smallest absolute Gasteiger partial charge is 0.255 e. The van der Waals surface area contributed by atoms with Crippen molar-refractivity contribution in [1.29, 1.82) is 0 Å². The minimum Gasteiger partial charge on any atom is -0.399 e. The zero-order valence-corrected chi connectivity index (χ0v) is 10.2. The number of amides is 1. The van der Waals surface area contributed by atoms with Crippen LogP contribution in [0.2, 0.25) is 0 Å². The number of rotatable bonds is 2. The van der Waals surface area contributed by atoms with Gasteiger partial charge in [0.1, 0.15) is 17.3 Å². The highest BCUT2D eigenvalue weighted by molar-refractivity contribution is 6.05. The van der Waals surface area contributed by atoms with Crippen LogP contribution in [-0.2, 0) is 0 Å². The number of carbonyl (C=O) groups excluding carboxylic acids is 1. The zero-order valence-electron chi connectivity index (χ0n) is 10.2. The Morgan fingerprint density at radius 2 is 1.79 bits per heavy atom. The summed E-state index contributed by atoms with van der Waals surface area (Å²) in [5.74, 6) is -2.26. The van der Waals surface area contributed by atoms with Gasteiger partial charge in [-0.05, 0) is 42.8 Å². The van der Waals surface area contributed by atoms with Gasteiger partial charge in [-0.25, -0.2) is 8.78 Å². The Kier molecular flexibility index (Phi) is 3.46. The van der Waals surface area contributed by atoms with Crippen molar-refractivity contribution in [3.8, 4) is 0 Å². The molecule has 0 saturated heterocycles. The largest absolute Gasteiger partial charge is 0.399 e. The summed E-state index contributed by atoms with van der Waals surface area (Å²) in [5.41, 5.74) is 6.61. The standard InChI is InChI=1S/C14H12F2N2O/c1-8-5-9(7-10(17)6-8)14(19)18-13-11(15)3-2-4-12(13)16/h2-7H,17H2,1H3,(H,18,19). The van der Waals surface area contributed by atoms with Crippen molar-refractivity contribution in [2.45, 2.75) is 6.92 Å². The van der Waals surface area contributed by atoms with Crippen LogP contribution in [0.5, 0.6) is 0 Å². The van der Waals surface area contributed by atoms with Crippen molar-refractivity contribution in [2.75, 3.05) is 11.1 Å². The summed E-state index contributed by atoms with van der Waals surface area (Å²) >= 11 is 0. The quantitative estimate of drug-likeness (QED) is 0.817. The molecule has 0 aromatic heterocycles. The maximum Gasteiger partial charge on any atom is 0.255 e. The van der Waals surface area contributed by atoms with Gasteiger partial charge in [-0.1, -0.05) is 6.07 Å². The molecule has 3 N–H and O–H groups in total. The lowest BCUT2D eigenvalue weighted by atomic mass is 10.1. The molecule has 0 aliphatic heterocycles. The van der Waals surface area contributed by atoms with Crippen molar-refractivity contribution in [3.05, 3.63) is 59.2 Å². The number of hydrogen-bond donors (Lipinski definition) is 2. The minimum absolute atomic E-state index is 0.250. The number of anilines is 2. The summed E-state index contributed by atoms with van der Waals surface area (Å²) < 4.78 is 26.8. The van der Waals surface area contributed by atoms with Gasteiger partial charge < -0.3 is 11.1 Å². The van der Waals surface area contributed by atoms with E-state index in [2.05, 4.69) is 5.32 Å². The first-order valence-corrected chi connectivity index (χ1v) is 5.60. The summed E-state index contributed by atoms with van der Waals surface area (Å²) in [4.78, 5) is 11.9. The summed E-state index contributed by atoms with van der Waals surface area (Å²) in [6.45, 7) is 1.77. The Labute approximate surface area is 109 Å². The number of nitrogens with one attached hydrogen (secondary N) is 1. The molecule has 0 unspecified atom stereocenters. The van der Waals surface area contributed by atoms with Crippen LogP contribution in [0.4, 0.5) is 20.2 Å². The molecule has 2 rings (SSSR count). The molecule has 2 aromatic rings. The average Bonchev–Trinajstić information content (AvgIpc) is 2.32. The number of nitrogen functional groups attached to an aromatic ring is 1. The van der Waals surface area contributed by atoms with Gasteiger partial charge in [0.25, 0.3) is 5.91 Å². The van der Waals surface area contributed by atoms with E-state index in [-0.39, 0.29) is 5.56 Å². The topological polar surface area (TPSA) is 55.1 Å². The van der Waals surface area contributed by atoms with Crippen LogP contribution in [0.3, 0.4) is 0 Å². The SMILES string of the molecule is Cc1cc(N)cc(C(=O)Nc2c(F)cccc2F)c1. The van der Waals surface area contributed by atoms with Crippen LogP contribution in [0.15, 0.2) is 36.4 Å². The molecule has 2 aromatic carbocycles. The van der Waals surface area contributed by atoms with Gasteiger partial charge in [0.2, 0.25) is 0 Å². The van der Waals surface area contributed by atoms with E-state index >= 15 is 0 Å².